The maximum Gasteiger partial charge on any atom is 0.332 e. The van der Waals surface area contributed by atoms with Crippen LogP contribution in [0.15, 0.2) is 43.0 Å². The van der Waals surface area contributed by atoms with Crippen molar-refractivity contribution in [2.45, 2.75) is 6.92 Å². The topological polar surface area (TPSA) is 26.3 Å². The molecule has 0 heterocycles. The normalized spacial score (nSPS) is 8.44. The summed E-state index contributed by atoms with van der Waals surface area (Å²) in [6.07, 6.45) is 1.74. The minimum atomic E-state index is -0.347. The highest BCUT2D eigenvalue weighted by Gasteiger charge is 1.95. The molecule has 1 aromatic carbocycles. The predicted octanol–water partition coefficient (Wildman–Crippen LogP) is 3.72. The third-order valence-electron chi connectivity index (χ3n) is 1.66. The second-order valence-electron chi connectivity index (χ2n) is 3.00. The summed E-state index contributed by atoms with van der Waals surface area (Å²) in [7, 11) is 1.33. The van der Waals surface area contributed by atoms with Gasteiger partial charge < -0.3 is 4.74 Å². The van der Waals surface area contributed by atoms with Gasteiger partial charge in [0.25, 0.3) is 0 Å². The Labute approximate surface area is 101 Å². The summed E-state index contributed by atoms with van der Waals surface area (Å²) in [4.78, 5) is 10.2. The van der Waals surface area contributed by atoms with Crippen LogP contribution in [0.4, 0.5) is 0 Å². The van der Waals surface area contributed by atoms with Gasteiger partial charge in [-0.15, -0.1) is 0 Å². The van der Waals surface area contributed by atoms with Gasteiger partial charge in [0.1, 0.15) is 0 Å². The highest BCUT2D eigenvalue weighted by atomic mass is 35.5. The lowest BCUT2D eigenvalue weighted by Gasteiger charge is -1.92. The summed E-state index contributed by atoms with van der Waals surface area (Å²) in [5.41, 5.74) is 1.42. The first kappa shape index (κ1) is 14.5. The van der Waals surface area contributed by atoms with E-state index in [-0.39, 0.29) is 5.97 Å². The molecule has 0 N–H and O–H groups in total. The molecule has 0 amide bonds. The Kier molecular flexibility index (Phi) is 6.97. The summed E-state index contributed by atoms with van der Waals surface area (Å²) >= 11 is 5.75. The van der Waals surface area contributed by atoms with Gasteiger partial charge in [-0.3, -0.25) is 0 Å². The summed E-state index contributed by atoms with van der Waals surface area (Å²) in [6.45, 7) is 8.56. The zero-order chi connectivity index (χ0) is 12.6. The lowest BCUT2D eigenvalue weighted by atomic mass is 10.2. The van der Waals surface area contributed by atoms with Crippen LogP contribution in [0, 0.1) is 0 Å². The Morgan fingerprint density at radius 3 is 2.25 bits per heavy atom. The van der Waals surface area contributed by atoms with Gasteiger partial charge in [-0.25, -0.2) is 4.79 Å². The van der Waals surface area contributed by atoms with Crippen LogP contribution in [0.25, 0.3) is 6.08 Å². The molecule has 0 radical (unpaired) electrons. The van der Waals surface area contributed by atoms with Crippen molar-refractivity contribution < 1.29 is 9.53 Å². The maximum absolute atomic E-state index is 10.2. The number of hydrogen-bond acceptors (Lipinski definition) is 2. The average molecular weight is 239 g/mol. The minimum Gasteiger partial charge on any atom is -0.466 e. The van der Waals surface area contributed by atoms with Gasteiger partial charge in [0.15, 0.2) is 0 Å². The van der Waals surface area contributed by atoms with Crippen molar-refractivity contribution in [2.24, 2.45) is 0 Å². The summed E-state index contributed by atoms with van der Waals surface area (Å²) in [6, 6.07) is 7.60. The molecule has 16 heavy (non-hydrogen) atoms. The van der Waals surface area contributed by atoms with Crippen LogP contribution in [0.1, 0.15) is 12.5 Å². The van der Waals surface area contributed by atoms with E-state index in [9.17, 15) is 4.79 Å². The number of methoxy groups -OCH3 is 1. The van der Waals surface area contributed by atoms with E-state index in [1.165, 1.54) is 7.11 Å². The van der Waals surface area contributed by atoms with E-state index in [4.69, 9.17) is 11.6 Å². The molecule has 0 unspecified atom stereocenters. The Bertz CT molecular complexity index is 383. The fraction of sp³-hybridized carbons (Fsp3) is 0.154. The Morgan fingerprint density at radius 2 is 2.00 bits per heavy atom. The third kappa shape index (κ3) is 5.37. The fourth-order valence-electron chi connectivity index (χ4n) is 0.815. The van der Waals surface area contributed by atoms with Crippen LogP contribution < -0.4 is 0 Å². The minimum absolute atomic E-state index is 0.347. The van der Waals surface area contributed by atoms with Crippen molar-refractivity contribution in [1.29, 1.82) is 0 Å². The summed E-state index contributed by atoms with van der Waals surface area (Å²) in [5, 5.41) is 0.757. The number of rotatable bonds is 2. The van der Waals surface area contributed by atoms with Crippen LogP contribution in [-0.4, -0.2) is 13.1 Å². The number of benzene rings is 1. The smallest absolute Gasteiger partial charge is 0.332 e. The Morgan fingerprint density at radius 1 is 1.44 bits per heavy atom. The first-order chi connectivity index (χ1) is 7.52. The molecular formula is C13H15ClO2. The van der Waals surface area contributed by atoms with Gasteiger partial charge in [0.2, 0.25) is 0 Å². The second kappa shape index (κ2) is 7.71. The molecule has 0 aliphatic heterocycles. The van der Waals surface area contributed by atoms with Crippen molar-refractivity contribution in [3.63, 3.8) is 0 Å². The lowest BCUT2D eigenvalue weighted by Crippen LogP contribution is -1.98. The molecule has 0 aliphatic carbocycles. The van der Waals surface area contributed by atoms with Gasteiger partial charge in [0, 0.05) is 10.6 Å². The molecule has 0 spiro atoms. The van der Waals surface area contributed by atoms with Crippen molar-refractivity contribution in [3.05, 3.63) is 53.6 Å². The summed E-state index contributed by atoms with van der Waals surface area (Å²) < 4.78 is 4.27. The van der Waals surface area contributed by atoms with Crippen LogP contribution in [0.3, 0.4) is 0 Å². The van der Waals surface area contributed by atoms with Crippen LogP contribution >= 0.6 is 11.6 Å². The molecular weight excluding hydrogens is 224 g/mol. The molecule has 0 bridgehead atoms. The fourth-order valence-corrected chi connectivity index (χ4v) is 1.03. The Balaban J connectivity index is 0.000000293. The van der Waals surface area contributed by atoms with Crippen molar-refractivity contribution in [3.8, 4) is 0 Å². The van der Waals surface area contributed by atoms with Crippen molar-refractivity contribution >= 4 is 23.6 Å². The SMILES string of the molecule is C=C(C)C(=O)OC.C=Cc1ccccc1Cl. The number of hydrogen-bond donors (Lipinski definition) is 0. The van der Waals surface area contributed by atoms with E-state index >= 15 is 0 Å². The second-order valence-corrected chi connectivity index (χ2v) is 3.40. The first-order valence-corrected chi connectivity index (χ1v) is 5.01. The van der Waals surface area contributed by atoms with E-state index < -0.39 is 0 Å². The standard InChI is InChI=1S/C8H7Cl.C5H8O2/c1-2-7-5-3-4-6-8(7)9;1-4(2)5(6)7-3/h2-6H,1H2;1H2,2-3H3. The molecule has 1 rings (SSSR count). The number of carbonyl (C=O) groups is 1. The van der Waals surface area contributed by atoms with Crippen LogP contribution in [0.5, 0.6) is 0 Å². The number of ether oxygens (including phenoxy) is 1. The molecule has 0 aromatic heterocycles. The van der Waals surface area contributed by atoms with Gasteiger partial charge in [0.05, 0.1) is 7.11 Å². The number of esters is 1. The molecule has 1 aromatic rings. The largest absolute Gasteiger partial charge is 0.466 e. The van der Waals surface area contributed by atoms with Crippen molar-refractivity contribution in [1.82, 2.24) is 0 Å². The highest BCUT2D eigenvalue weighted by Crippen LogP contribution is 2.14. The molecule has 0 atom stereocenters. The average Bonchev–Trinajstić information content (AvgIpc) is 2.29. The van der Waals surface area contributed by atoms with Gasteiger partial charge >= 0.3 is 5.97 Å². The van der Waals surface area contributed by atoms with Gasteiger partial charge in [-0.05, 0) is 18.6 Å². The van der Waals surface area contributed by atoms with Gasteiger partial charge in [-0.1, -0.05) is 49.0 Å². The molecule has 0 saturated carbocycles. The molecule has 2 nitrogen and oxygen atoms in total. The van der Waals surface area contributed by atoms with Gasteiger partial charge in [-0.2, -0.15) is 0 Å². The zero-order valence-electron chi connectivity index (χ0n) is 9.50. The maximum atomic E-state index is 10.2. The van der Waals surface area contributed by atoms with Crippen molar-refractivity contribution in [2.75, 3.05) is 7.11 Å². The third-order valence-corrected chi connectivity index (χ3v) is 2.00. The monoisotopic (exact) mass is 238 g/mol. The highest BCUT2D eigenvalue weighted by molar-refractivity contribution is 6.32. The quantitative estimate of drug-likeness (QED) is 0.580. The molecule has 86 valence electrons. The summed E-state index contributed by atoms with van der Waals surface area (Å²) in [5.74, 6) is -0.347. The number of carbonyl (C=O) groups excluding carboxylic acids is 1. The first-order valence-electron chi connectivity index (χ1n) is 4.63. The van der Waals surface area contributed by atoms with E-state index in [0.29, 0.717) is 5.57 Å². The Hall–Kier alpha value is -1.54. The zero-order valence-corrected chi connectivity index (χ0v) is 10.3. The van der Waals surface area contributed by atoms with Crippen LogP contribution in [0.2, 0.25) is 5.02 Å². The molecule has 0 aliphatic rings. The van der Waals surface area contributed by atoms with E-state index in [0.717, 1.165) is 10.6 Å². The lowest BCUT2D eigenvalue weighted by molar-refractivity contribution is -0.136. The number of halogens is 1. The van der Waals surface area contributed by atoms with E-state index in [1.54, 1.807) is 13.0 Å². The molecule has 0 fully saturated rings. The van der Waals surface area contributed by atoms with Crippen LogP contribution in [-0.2, 0) is 9.53 Å². The molecule has 0 saturated heterocycles. The van der Waals surface area contributed by atoms with E-state index in [2.05, 4.69) is 17.9 Å². The predicted molar refractivity (Wildman–Crippen MR) is 68.4 cm³/mol. The van der Waals surface area contributed by atoms with E-state index in [1.807, 2.05) is 24.3 Å². The molecule has 3 heteroatoms.